The minimum Gasteiger partial charge on any atom is -0.295 e. The summed E-state index contributed by atoms with van der Waals surface area (Å²) in [7, 11) is 0. The number of hydrogen-bond donors (Lipinski definition) is 0. The van der Waals surface area contributed by atoms with Crippen LogP contribution in [0.15, 0.2) is 35.4 Å². The molecule has 1 aromatic carbocycles. The average molecular weight is 279 g/mol. The van der Waals surface area contributed by atoms with Crippen LogP contribution in [0, 0.1) is 6.92 Å². The molecule has 19 heavy (non-hydrogen) atoms. The van der Waals surface area contributed by atoms with Gasteiger partial charge in [0, 0.05) is 5.02 Å². The van der Waals surface area contributed by atoms with Crippen LogP contribution in [-0.4, -0.2) is 22.0 Å². The number of halogens is 1. The normalized spacial score (nSPS) is 11.9. The van der Waals surface area contributed by atoms with Crippen molar-refractivity contribution in [3.8, 4) is 0 Å². The summed E-state index contributed by atoms with van der Waals surface area (Å²) in [5.74, 6) is 0. The molecule has 0 saturated heterocycles. The van der Waals surface area contributed by atoms with Crippen LogP contribution in [0.1, 0.15) is 17.2 Å². The second-order valence-electron chi connectivity index (χ2n) is 3.79. The number of carbonyl (C=O) groups is 1. The molecule has 0 N–H and O–H groups in total. The second-order valence-corrected chi connectivity index (χ2v) is 4.20. The number of nitrogens with zero attached hydrogens (tertiary/aromatic N) is 4. The lowest BCUT2D eigenvalue weighted by molar-refractivity contribution is -0.108. The highest BCUT2D eigenvalue weighted by atomic mass is 35.5. The van der Waals surface area contributed by atoms with Gasteiger partial charge in [-0.25, -0.2) is 0 Å². The van der Waals surface area contributed by atoms with Gasteiger partial charge in [-0.05, 0) is 29.3 Å². The van der Waals surface area contributed by atoms with E-state index in [-0.39, 0.29) is 6.01 Å². The molecule has 7 heteroatoms. The van der Waals surface area contributed by atoms with E-state index >= 15 is 0 Å². The van der Waals surface area contributed by atoms with Gasteiger partial charge in [-0.1, -0.05) is 34.9 Å². The topological polar surface area (TPSA) is 72.1 Å². The van der Waals surface area contributed by atoms with E-state index in [1.54, 1.807) is 18.2 Å². The van der Waals surface area contributed by atoms with Crippen LogP contribution < -0.4 is 4.90 Å². The number of amides is 1. The van der Waals surface area contributed by atoms with Gasteiger partial charge in [0.05, 0.1) is 11.3 Å². The van der Waals surface area contributed by atoms with Crippen LogP contribution in [-0.2, 0) is 4.79 Å². The minimum atomic E-state index is -0.460. The van der Waals surface area contributed by atoms with Crippen molar-refractivity contribution in [2.24, 2.45) is 0 Å². The van der Waals surface area contributed by atoms with Crippen LogP contribution in [0.25, 0.3) is 0 Å². The lowest BCUT2D eigenvalue weighted by Crippen LogP contribution is -2.26. The standard InChI is InChI=1S/C12H11ClN4O2/c1-3-11(9-5-4-6-10(13)8(9)2)17(7-18)12-14-15-16-19-12/h3-7,11H,1H2,2H3. The van der Waals surface area contributed by atoms with Crippen molar-refractivity contribution in [3.63, 3.8) is 0 Å². The van der Waals surface area contributed by atoms with Gasteiger partial charge < -0.3 is 0 Å². The molecule has 98 valence electrons. The molecule has 1 unspecified atom stereocenters. The van der Waals surface area contributed by atoms with Crippen molar-refractivity contribution in [1.29, 1.82) is 0 Å². The molecule has 0 aliphatic rings. The Balaban J connectivity index is 2.46. The summed E-state index contributed by atoms with van der Waals surface area (Å²) in [4.78, 5) is 12.5. The molecule has 1 atom stereocenters. The molecule has 0 bridgehead atoms. The molecule has 0 saturated carbocycles. The third kappa shape index (κ3) is 2.48. The third-order valence-corrected chi connectivity index (χ3v) is 3.18. The predicted molar refractivity (Wildman–Crippen MR) is 69.8 cm³/mol. The molecule has 2 rings (SSSR count). The van der Waals surface area contributed by atoms with Crippen molar-refractivity contribution in [1.82, 2.24) is 15.6 Å². The van der Waals surface area contributed by atoms with Crippen molar-refractivity contribution in [2.45, 2.75) is 13.0 Å². The maximum atomic E-state index is 11.3. The molecule has 1 aromatic heterocycles. The molecular weight excluding hydrogens is 268 g/mol. The third-order valence-electron chi connectivity index (χ3n) is 2.77. The smallest absolute Gasteiger partial charge is 0.295 e. The highest BCUT2D eigenvalue weighted by Crippen LogP contribution is 2.30. The van der Waals surface area contributed by atoms with Crippen molar-refractivity contribution < 1.29 is 9.32 Å². The first-order chi connectivity index (χ1) is 9.19. The summed E-state index contributed by atoms with van der Waals surface area (Å²) >= 11 is 6.08. The first-order valence-corrected chi connectivity index (χ1v) is 5.83. The van der Waals surface area contributed by atoms with Crippen molar-refractivity contribution in [2.75, 3.05) is 4.90 Å². The van der Waals surface area contributed by atoms with E-state index in [9.17, 15) is 4.79 Å². The Morgan fingerprint density at radius 3 is 2.89 bits per heavy atom. The Hall–Kier alpha value is -2.21. The van der Waals surface area contributed by atoms with Gasteiger partial charge in [0.15, 0.2) is 0 Å². The van der Waals surface area contributed by atoms with E-state index in [1.807, 2.05) is 13.0 Å². The first kappa shape index (κ1) is 13.2. The van der Waals surface area contributed by atoms with Crippen LogP contribution in [0.4, 0.5) is 6.01 Å². The van der Waals surface area contributed by atoms with E-state index in [2.05, 4.69) is 22.2 Å². The zero-order valence-corrected chi connectivity index (χ0v) is 10.9. The van der Waals surface area contributed by atoms with Crippen LogP contribution in [0.2, 0.25) is 5.02 Å². The minimum absolute atomic E-state index is 0.000671. The van der Waals surface area contributed by atoms with Crippen molar-refractivity contribution >= 4 is 24.0 Å². The second kappa shape index (κ2) is 5.62. The van der Waals surface area contributed by atoms with Gasteiger partial charge in [-0.15, -0.1) is 6.58 Å². The summed E-state index contributed by atoms with van der Waals surface area (Å²) in [6.07, 6.45) is 2.18. The van der Waals surface area contributed by atoms with Crippen LogP contribution in [0.5, 0.6) is 0 Å². The van der Waals surface area contributed by atoms with Gasteiger partial charge >= 0.3 is 6.01 Å². The molecule has 1 amide bonds. The summed E-state index contributed by atoms with van der Waals surface area (Å²) < 4.78 is 4.80. The number of benzene rings is 1. The maximum absolute atomic E-state index is 11.3. The lowest BCUT2D eigenvalue weighted by atomic mass is 10.0. The van der Waals surface area contributed by atoms with Gasteiger partial charge in [0.2, 0.25) is 6.41 Å². The number of hydrogen-bond acceptors (Lipinski definition) is 5. The monoisotopic (exact) mass is 278 g/mol. The van der Waals surface area contributed by atoms with E-state index < -0.39 is 6.04 Å². The molecular formula is C12H11ClN4O2. The first-order valence-electron chi connectivity index (χ1n) is 5.45. The molecule has 1 heterocycles. The Morgan fingerprint density at radius 1 is 1.53 bits per heavy atom. The number of anilines is 1. The highest BCUT2D eigenvalue weighted by molar-refractivity contribution is 6.31. The largest absolute Gasteiger partial charge is 0.351 e. The summed E-state index contributed by atoms with van der Waals surface area (Å²) in [6, 6.07) is 4.97. The van der Waals surface area contributed by atoms with Gasteiger partial charge in [-0.3, -0.25) is 14.2 Å². The zero-order valence-electron chi connectivity index (χ0n) is 10.2. The van der Waals surface area contributed by atoms with Gasteiger partial charge in [0.1, 0.15) is 0 Å². The quantitative estimate of drug-likeness (QED) is 0.620. The predicted octanol–water partition coefficient (Wildman–Crippen LogP) is 2.32. The summed E-state index contributed by atoms with van der Waals surface area (Å²) in [5.41, 5.74) is 1.68. The van der Waals surface area contributed by atoms with E-state index in [0.717, 1.165) is 11.1 Å². The fourth-order valence-corrected chi connectivity index (χ4v) is 1.97. The van der Waals surface area contributed by atoms with Crippen molar-refractivity contribution in [3.05, 3.63) is 47.0 Å². The molecule has 0 spiro atoms. The molecule has 0 aliphatic carbocycles. The molecule has 6 nitrogen and oxygen atoms in total. The maximum Gasteiger partial charge on any atom is 0.351 e. The lowest BCUT2D eigenvalue weighted by Gasteiger charge is -2.23. The van der Waals surface area contributed by atoms with E-state index in [0.29, 0.717) is 11.4 Å². The number of aromatic nitrogens is 3. The SMILES string of the molecule is C=CC(c1cccc(Cl)c1C)N(C=O)c1nnno1. The van der Waals surface area contributed by atoms with Gasteiger partial charge in [-0.2, -0.15) is 0 Å². The molecule has 2 aromatic rings. The van der Waals surface area contributed by atoms with E-state index in [4.69, 9.17) is 16.1 Å². The fraction of sp³-hybridized carbons (Fsp3) is 0.167. The Morgan fingerprint density at radius 2 is 2.32 bits per heavy atom. The Labute approximate surface area is 114 Å². The average Bonchev–Trinajstić information content (AvgIpc) is 2.93. The van der Waals surface area contributed by atoms with Crippen LogP contribution in [0.3, 0.4) is 0 Å². The molecule has 0 aliphatic heterocycles. The highest BCUT2D eigenvalue weighted by Gasteiger charge is 2.24. The van der Waals surface area contributed by atoms with E-state index in [1.165, 1.54) is 4.90 Å². The number of carbonyl (C=O) groups excluding carboxylic acids is 1. The summed E-state index contributed by atoms with van der Waals surface area (Å²) in [5, 5.41) is 10.8. The molecule has 0 radical (unpaired) electrons. The molecule has 0 fully saturated rings. The number of rotatable bonds is 5. The summed E-state index contributed by atoms with van der Waals surface area (Å²) in [6.45, 7) is 5.60. The Kier molecular flexibility index (Phi) is 3.91. The Bertz CT molecular complexity index is 585. The fourth-order valence-electron chi connectivity index (χ4n) is 1.79. The van der Waals surface area contributed by atoms with Gasteiger partial charge in [0.25, 0.3) is 0 Å². The van der Waals surface area contributed by atoms with Crippen LogP contribution >= 0.6 is 11.6 Å². The zero-order chi connectivity index (χ0) is 13.8.